The summed E-state index contributed by atoms with van der Waals surface area (Å²) >= 11 is 0. The van der Waals surface area contributed by atoms with E-state index < -0.39 is 7.14 Å². The van der Waals surface area contributed by atoms with E-state index in [0.29, 0.717) is 5.56 Å². The summed E-state index contributed by atoms with van der Waals surface area (Å²) < 4.78 is 12.8. The van der Waals surface area contributed by atoms with Gasteiger partial charge in [0.1, 0.15) is 12.8 Å². The summed E-state index contributed by atoms with van der Waals surface area (Å²) in [7, 11) is -0.361. The number of hydrogen-bond acceptors (Lipinski definition) is 5. The van der Waals surface area contributed by atoms with Crippen molar-refractivity contribution in [3.05, 3.63) is 72.4 Å². The number of nitrogens with one attached hydrogen (secondary N) is 2. The van der Waals surface area contributed by atoms with Crippen LogP contribution in [0, 0.1) is 0 Å². The molecule has 0 radical (unpaired) electrons. The normalized spacial score (nSPS) is 14.9. The molecule has 0 spiro atoms. The fourth-order valence-electron chi connectivity index (χ4n) is 4.47. The van der Waals surface area contributed by atoms with E-state index in [2.05, 4.69) is 33.3 Å². The van der Waals surface area contributed by atoms with Crippen molar-refractivity contribution in [2.45, 2.75) is 0 Å². The standard InChI is InChI=1S/C27H30N5O2P/c1-31-14-16-32(17-15-31)27(33)20-10-8-19(9-11-20)24-18-21-22(12-13-28-26(21)30-24)29-23-6-4-5-7-25(23)35(2,3)34/h4-13,18H,14-17H2,1-3H3,(H2,28,29,30). The highest BCUT2D eigenvalue weighted by atomic mass is 31.2. The van der Waals surface area contributed by atoms with Gasteiger partial charge in [0.05, 0.1) is 5.69 Å². The maximum absolute atomic E-state index is 12.9. The number of aromatic nitrogens is 2. The maximum Gasteiger partial charge on any atom is 0.253 e. The molecule has 3 heterocycles. The number of anilines is 2. The van der Waals surface area contributed by atoms with Crippen LogP contribution in [-0.2, 0) is 4.57 Å². The summed E-state index contributed by atoms with van der Waals surface area (Å²) in [6.07, 6.45) is 1.75. The number of likely N-dealkylation sites (N-methyl/N-ethyl adjacent to an activating group) is 1. The first-order chi connectivity index (χ1) is 16.8. The Balaban J connectivity index is 1.41. The largest absolute Gasteiger partial charge is 0.354 e. The minimum absolute atomic E-state index is 0.0808. The van der Waals surface area contributed by atoms with Crippen LogP contribution >= 0.6 is 7.14 Å². The van der Waals surface area contributed by atoms with E-state index in [-0.39, 0.29) is 5.91 Å². The molecule has 7 nitrogen and oxygen atoms in total. The molecule has 1 fully saturated rings. The predicted molar refractivity (Wildman–Crippen MR) is 144 cm³/mol. The summed E-state index contributed by atoms with van der Waals surface area (Å²) in [6, 6.07) is 19.4. The fraction of sp³-hybridized carbons (Fsp3) is 0.259. The van der Waals surface area contributed by atoms with Crippen LogP contribution in [0.3, 0.4) is 0 Å². The molecule has 5 rings (SSSR count). The monoisotopic (exact) mass is 487 g/mol. The number of nitrogens with zero attached hydrogens (tertiary/aromatic N) is 3. The molecular formula is C27H30N5O2P. The number of benzene rings is 2. The van der Waals surface area contributed by atoms with Crippen molar-refractivity contribution in [1.82, 2.24) is 19.8 Å². The molecule has 0 aliphatic carbocycles. The fourth-order valence-corrected chi connectivity index (χ4v) is 5.63. The number of carbonyl (C=O) groups is 1. The molecule has 8 heteroatoms. The number of rotatable bonds is 5. The Morgan fingerprint density at radius 1 is 0.971 bits per heavy atom. The average Bonchev–Trinajstić information content (AvgIpc) is 3.29. The first-order valence-electron chi connectivity index (χ1n) is 11.8. The first-order valence-corrected chi connectivity index (χ1v) is 14.4. The highest BCUT2D eigenvalue weighted by Crippen LogP contribution is 2.39. The van der Waals surface area contributed by atoms with Gasteiger partial charge in [0, 0.05) is 60.0 Å². The van der Waals surface area contributed by atoms with Crippen molar-refractivity contribution < 1.29 is 9.36 Å². The molecule has 1 aliphatic heterocycles. The van der Waals surface area contributed by atoms with Crippen molar-refractivity contribution in [3.63, 3.8) is 0 Å². The molecule has 2 N–H and O–H groups in total. The van der Waals surface area contributed by atoms with Crippen LogP contribution in [0.25, 0.3) is 22.3 Å². The van der Waals surface area contributed by atoms with Crippen molar-refractivity contribution >= 4 is 40.8 Å². The van der Waals surface area contributed by atoms with E-state index in [1.807, 2.05) is 59.5 Å². The van der Waals surface area contributed by atoms with Crippen molar-refractivity contribution in [3.8, 4) is 11.3 Å². The Kier molecular flexibility index (Phi) is 6.22. The zero-order valence-electron chi connectivity index (χ0n) is 20.3. The third-order valence-electron chi connectivity index (χ3n) is 6.52. The van der Waals surface area contributed by atoms with Gasteiger partial charge in [-0.25, -0.2) is 4.98 Å². The van der Waals surface area contributed by atoms with Crippen LogP contribution in [0.4, 0.5) is 11.4 Å². The van der Waals surface area contributed by atoms with Gasteiger partial charge in [-0.3, -0.25) is 4.79 Å². The Labute approximate surface area is 205 Å². The summed E-state index contributed by atoms with van der Waals surface area (Å²) in [5, 5.41) is 5.23. The number of para-hydroxylation sites is 1. The van der Waals surface area contributed by atoms with Gasteiger partial charge in [0.15, 0.2) is 0 Å². The van der Waals surface area contributed by atoms with Gasteiger partial charge in [-0.1, -0.05) is 24.3 Å². The second-order valence-corrected chi connectivity index (χ2v) is 12.7. The van der Waals surface area contributed by atoms with E-state index in [1.54, 1.807) is 19.5 Å². The molecule has 0 saturated carbocycles. The van der Waals surface area contributed by atoms with Crippen LogP contribution in [0.15, 0.2) is 66.9 Å². The van der Waals surface area contributed by atoms with Crippen LogP contribution in [0.5, 0.6) is 0 Å². The number of pyridine rings is 1. The molecule has 1 amide bonds. The maximum atomic E-state index is 12.9. The molecule has 0 atom stereocenters. The van der Waals surface area contributed by atoms with Gasteiger partial charge in [-0.2, -0.15) is 0 Å². The van der Waals surface area contributed by atoms with E-state index in [9.17, 15) is 9.36 Å². The van der Waals surface area contributed by atoms with Crippen LogP contribution in [0.2, 0.25) is 0 Å². The van der Waals surface area contributed by atoms with Crippen molar-refractivity contribution in [2.75, 3.05) is 51.9 Å². The quantitative estimate of drug-likeness (QED) is 0.402. The molecule has 2 aromatic heterocycles. The molecule has 35 heavy (non-hydrogen) atoms. The highest BCUT2D eigenvalue weighted by molar-refractivity contribution is 7.70. The van der Waals surface area contributed by atoms with Gasteiger partial charge in [-0.05, 0) is 62.3 Å². The first kappa shape index (κ1) is 23.3. The van der Waals surface area contributed by atoms with Gasteiger partial charge in [-0.15, -0.1) is 0 Å². The predicted octanol–water partition coefficient (Wildman–Crippen LogP) is 4.61. The molecule has 1 saturated heterocycles. The Morgan fingerprint density at radius 3 is 2.40 bits per heavy atom. The molecule has 1 aliphatic rings. The Hall–Kier alpha value is -3.41. The van der Waals surface area contributed by atoms with Gasteiger partial charge >= 0.3 is 0 Å². The average molecular weight is 488 g/mol. The van der Waals surface area contributed by atoms with Crippen LogP contribution in [0.1, 0.15) is 10.4 Å². The number of H-pyrrole nitrogens is 1. The van der Waals surface area contributed by atoms with E-state index in [0.717, 1.165) is 65.1 Å². The van der Waals surface area contributed by atoms with E-state index in [1.165, 1.54) is 0 Å². The lowest BCUT2D eigenvalue weighted by Crippen LogP contribution is -2.47. The van der Waals surface area contributed by atoms with Gasteiger partial charge in [0.25, 0.3) is 5.91 Å². The molecule has 2 aromatic carbocycles. The minimum atomic E-state index is -2.44. The SMILES string of the molecule is CN1CCN(C(=O)c2ccc(-c3cc4c(Nc5ccccc5P(C)(C)=O)ccnc4[nH]3)cc2)CC1. The summed E-state index contributed by atoms with van der Waals surface area (Å²) in [5.74, 6) is 0.0808. The summed E-state index contributed by atoms with van der Waals surface area (Å²) in [4.78, 5) is 24.9. The number of amides is 1. The molecule has 180 valence electrons. The number of fused-ring (bicyclic) bond motifs is 1. The Bertz CT molecular complexity index is 1420. The van der Waals surface area contributed by atoms with Crippen molar-refractivity contribution in [2.24, 2.45) is 0 Å². The lowest BCUT2D eigenvalue weighted by molar-refractivity contribution is 0.0664. The van der Waals surface area contributed by atoms with E-state index in [4.69, 9.17) is 0 Å². The van der Waals surface area contributed by atoms with Crippen LogP contribution in [-0.4, -0.2) is 72.2 Å². The van der Waals surface area contributed by atoms with E-state index >= 15 is 0 Å². The zero-order valence-corrected chi connectivity index (χ0v) is 21.2. The third-order valence-corrected chi connectivity index (χ3v) is 8.07. The number of hydrogen-bond donors (Lipinski definition) is 2. The second kappa shape index (κ2) is 9.33. The molecule has 0 bridgehead atoms. The third kappa shape index (κ3) is 4.88. The van der Waals surface area contributed by atoms with Gasteiger partial charge < -0.3 is 24.7 Å². The summed E-state index contributed by atoms with van der Waals surface area (Å²) in [6.45, 7) is 6.89. The highest BCUT2D eigenvalue weighted by Gasteiger charge is 2.21. The van der Waals surface area contributed by atoms with Gasteiger partial charge in [0.2, 0.25) is 0 Å². The molecule has 4 aromatic rings. The minimum Gasteiger partial charge on any atom is -0.354 e. The lowest BCUT2D eigenvalue weighted by Gasteiger charge is -2.32. The summed E-state index contributed by atoms with van der Waals surface area (Å²) in [5.41, 5.74) is 5.09. The Morgan fingerprint density at radius 2 is 1.69 bits per heavy atom. The lowest BCUT2D eigenvalue weighted by atomic mass is 10.1. The second-order valence-electron chi connectivity index (χ2n) is 9.47. The van der Waals surface area contributed by atoms with Crippen LogP contribution < -0.4 is 10.6 Å². The number of piperazine rings is 1. The molecule has 0 unspecified atom stereocenters. The number of aromatic amines is 1. The topological polar surface area (TPSA) is 81.3 Å². The number of carbonyl (C=O) groups excluding carboxylic acids is 1. The zero-order chi connectivity index (χ0) is 24.6. The smallest absolute Gasteiger partial charge is 0.253 e. The van der Waals surface area contributed by atoms with Crippen molar-refractivity contribution in [1.29, 1.82) is 0 Å². The molecular weight excluding hydrogens is 457 g/mol.